The minimum absolute atomic E-state index is 0.00206. The number of aryl methyl sites for hydroxylation is 1. The summed E-state index contributed by atoms with van der Waals surface area (Å²) in [7, 11) is 3.10. The maximum Gasteiger partial charge on any atom is 0.308 e. The Morgan fingerprint density at radius 1 is 0.940 bits per heavy atom. The monoisotopic (exact) mass is 677 g/mol. The highest BCUT2D eigenvalue weighted by molar-refractivity contribution is 5.82. The number of carbonyl (C=O) groups is 2. The molecule has 7 rings (SSSR count). The fourth-order valence-corrected chi connectivity index (χ4v) is 7.99. The number of fused-ring (bicyclic) bond motifs is 1. The van der Waals surface area contributed by atoms with Crippen LogP contribution in [0.1, 0.15) is 67.1 Å². The molecule has 2 aromatic carbocycles. The lowest BCUT2D eigenvalue weighted by Gasteiger charge is -2.38. The van der Waals surface area contributed by atoms with Gasteiger partial charge in [0.05, 0.1) is 49.5 Å². The topological polar surface area (TPSA) is 124 Å². The lowest BCUT2D eigenvalue weighted by molar-refractivity contribution is -0.147. The zero-order valence-corrected chi connectivity index (χ0v) is 29.5. The van der Waals surface area contributed by atoms with Crippen molar-refractivity contribution in [2.45, 2.75) is 77.5 Å². The number of esters is 1. The molecule has 2 saturated heterocycles. The zero-order valence-electron chi connectivity index (χ0n) is 29.5. The molecule has 2 atom stereocenters. The smallest absolute Gasteiger partial charge is 0.308 e. The number of aromatic nitrogens is 4. The second kappa shape index (κ2) is 14.7. The molecule has 3 aliphatic heterocycles. The van der Waals surface area contributed by atoms with Gasteiger partial charge < -0.3 is 20.1 Å². The van der Waals surface area contributed by atoms with Crippen LogP contribution in [0.4, 0.5) is 0 Å². The molecule has 262 valence electrons. The van der Waals surface area contributed by atoms with Gasteiger partial charge in [0.25, 0.3) is 0 Å². The normalized spacial score (nSPS) is 19.6. The predicted molar refractivity (Wildman–Crippen MR) is 191 cm³/mol. The van der Waals surface area contributed by atoms with Gasteiger partial charge in [0.15, 0.2) is 0 Å². The summed E-state index contributed by atoms with van der Waals surface area (Å²) in [4.78, 5) is 35.8. The first-order valence-electron chi connectivity index (χ1n) is 17.8. The Kier molecular flexibility index (Phi) is 9.96. The maximum atomic E-state index is 12.1. The summed E-state index contributed by atoms with van der Waals surface area (Å²) in [5.41, 5.74) is 10.5. The van der Waals surface area contributed by atoms with Crippen LogP contribution in [0.15, 0.2) is 48.7 Å². The SMILES string of the molecule is COC(=O)C1CCN(C2CCCn3nc(-c4cccc(-c5cccc(-c6cnc(CNC[C@@H]7CCC(=O)N7)c(OC)n6)c5C)c4C)cc32)CC1. The molecule has 5 heterocycles. The molecule has 0 radical (unpaired) electrons. The fraction of sp³-hybridized carbons (Fsp3) is 0.462. The van der Waals surface area contributed by atoms with E-state index >= 15 is 0 Å². The molecule has 4 aromatic rings. The van der Waals surface area contributed by atoms with E-state index in [9.17, 15) is 9.59 Å². The van der Waals surface area contributed by atoms with E-state index < -0.39 is 0 Å². The van der Waals surface area contributed by atoms with Gasteiger partial charge in [0.2, 0.25) is 11.8 Å². The Balaban J connectivity index is 1.11. The average Bonchev–Trinajstić information content (AvgIpc) is 3.77. The first-order chi connectivity index (χ1) is 24.3. The van der Waals surface area contributed by atoms with Gasteiger partial charge in [-0.05, 0) is 87.4 Å². The van der Waals surface area contributed by atoms with Crippen molar-refractivity contribution in [3.63, 3.8) is 0 Å². The number of benzene rings is 2. The highest BCUT2D eigenvalue weighted by Gasteiger charge is 2.33. The molecule has 2 N–H and O–H groups in total. The molecule has 2 aromatic heterocycles. The standard InChI is InChI=1S/C39H47N7O4/c1-24-28(8-5-10-30(24)32-20-36-35(12-7-17-46(36)44-32)45-18-15-26(16-19-45)39(48)50-4)29-9-6-11-31(25(29)2)33-23-41-34(38(43-33)49-3)22-40-21-27-13-14-37(47)42-27/h5-6,8-11,20,23,26-27,35,40H,7,12-19,21-22H2,1-4H3,(H,42,47)/t27-,35?/m0/s1. The van der Waals surface area contributed by atoms with Crippen LogP contribution in [-0.2, 0) is 27.4 Å². The van der Waals surface area contributed by atoms with Gasteiger partial charge in [-0.3, -0.25) is 24.2 Å². The summed E-state index contributed by atoms with van der Waals surface area (Å²) in [5, 5.41) is 11.5. The molecule has 11 nitrogen and oxygen atoms in total. The van der Waals surface area contributed by atoms with E-state index in [2.05, 4.69) is 76.5 Å². The van der Waals surface area contributed by atoms with Crippen molar-refractivity contribution < 1.29 is 19.1 Å². The largest absolute Gasteiger partial charge is 0.480 e. The van der Waals surface area contributed by atoms with Crippen molar-refractivity contribution in [2.24, 2.45) is 5.92 Å². The summed E-state index contributed by atoms with van der Waals surface area (Å²) >= 11 is 0. The number of methoxy groups -OCH3 is 2. The molecule has 11 heteroatoms. The van der Waals surface area contributed by atoms with E-state index in [1.54, 1.807) is 7.11 Å². The molecule has 0 aliphatic carbocycles. The lowest BCUT2D eigenvalue weighted by Crippen LogP contribution is -2.40. The van der Waals surface area contributed by atoms with Gasteiger partial charge in [-0.15, -0.1) is 0 Å². The summed E-state index contributed by atoms with van der Waals surface area (Å²) in [6, 6.07) is 15.5. The number of hydrogen-bond donors (Lipinski definition) is 2. The molecule has 3 aliphatic rings. The molecule has 50 heavy (non-hydrogen) atoms. The quantitative estimate of drug-likeness (QED) is 0.213. The fourth-order valence-electron chi connectivity index (χ4n) is 7.99. The van der Waals surface area contributed by atoms with Crippen LogP contribution < -0.4 is 15.4 Å². The van der Waals surface area contributed by atoms with Gasteiger partial charge in [0.1, 0.15) is 5.69 Å². The summed E-state index contributed by atoms with van der Waals surface area (Å²) in [5.74, 6) is 0.517. The Morgan fingerprint density at radius 2 is 1.64 bits per heavy atom. The molecule has 0 spiro atoms. The molecular weight excluding hydrogens is 630 g/mol. The van der Waals surface area contributed by atoms with E-state index in [0.29, 0.717) is 31.4 Å². The van der Waals surface area contributed by atoms with Crippen molar-refractivity contribution >= 4 is 11.9 Å². The highest BCUT2D eigenvalue weighted by atomic mass is 16.5. The van der Waals surface area contributed by atoms with Crippen LogP contribution in [-0.4, -0.2) is 76.4 Å². The number of piperidine rings is 1. The van der Waals surface area contributed by atoms with Crippen molar-refractivity contribution in [3.05, 3.63) is 71.2 Å². The van der Waals surface area contributed by atoms with Crippen molar-refractivity contribution in [1.29, 1.82) is 0 Å². The minimum atomic E-state index is -0.0841. The lowest BCUT2D eigenvalue weighted by atomic mass is 9.90. The van der Waals surface area contributed by atoms with Gasteiger partial charge in [0, 0.05) is 43.2 Å². The van der Waals surface area contributed by atoms with Crippen LogP contribution in [0.5, 0.6) is 5.88 Å². The summed E-state index contributed by atoms with van der Waals surface area (Å²) < 4.78 is 12.9. The number of carbonyl (C=O) groups excluding carboxylic acids is 2. The number of rotatable bonds is 10. The van der Waals surface area contributed by atoms with E-state index in [-0.39, 0.29) is 23.8 Å². The van der Waals surface area contributed by atoms with Crippen LogP contribution in [0.2, 0.25) is 0 Å². The summed E-state index contributed by atoms with van der Waals surface area (Å²) in [6.45, 7) is 8.21. The van der Waals surface area contributed by atoms with Gasteiger partial charge in [-0.1, -0.05) is 36.4 Å². The van der Waals surface area contributed by atoms with Crippen molar-refractivity contribution in [2.75, 3.05) is 33.9 Å². The Morgan fingerprint density at radius 3 is 2.30 bits per heavy atom. The molecular formula is C39H47N7O4. The van der Waals surface area contributed by atoms with Crippen molar-refractivity contribution in [1.82, 2.24) is 35.3 Å². The number of nitrogens with zero attached hydrogens (tertiary/aromatic N) is 5. The van der Waals surface area contributed by atoms with Gasteiger partial charge >= 0.3 is 5.97 Å². The Labute approximate surface area is 293 Å². The molecule has 1 unspecified atom stereocenters. The maximum absolute atomic E-state index is 12.1. The van der Waals surface area contributed by atoms with E-state index in [0.717, 1.165) is 96.6 Å². The van der Waals surface area contributed by atoms with Crippen LogP contribution in [0.3, 0.4) is 0 Å². The van der Waals surface area contributed by atoms with E-state index in [1.165, 1.54) is 18.4 Å². The predicted octanol–water partition coefficient (Wildman–Crippen LogP) is 5.39. The van der Waals surface area contributed by atoms with Gasteiger partial charge in [-0.2, -0.15) is 5.10 Å². The molecule has 2 fully saturated rings. The zero-order chi connectivity index (χ0) is 34.8. The third-order valence-electron chi connectivity index (χ3n) is 10.8. The second-order valence-electron chi connectivity index (χ2n) is 13.8. The number of amides is 1. The Hall–Kier alpha value is -4.61. The molecule has 1 amide bonds. The number of hydrogen-bond acceptors (Lipinski definition) is 9. The number of ether oxygens (including phenoxy) is 2. The third-order valence-corrected chi connectivity index (χ3v) is 10.8. The first-order valence-corrected chi connectivity index (χ1v) is 17.8. The van der Waals surface area contributed by atoms with Gasteiger partial charge in [-0.25, -0.2) is 4.98 Å². The number of nitrogens with one attached hydrogen (secondary N) is 2. The number of likely N-dealkylation sites (tertiary alicyclic amines) is 1. The van der Waals surface area contributed by atoms with Crippen molar-refractivity contribution in [3.8, 4) is 39.5 Å². The van der Waals surface area contributed by atoms with E-state index in [4.69, 9.17) is 24.5 Å². The highest BCUT2D eigenvalue weighted by Crippen LogP contribution is 2.39. The van der Waals surface area contributed by atoms with Crippen LogP contribution in [0, 0.1) is 19.8 Å². The average molecular weight is 678 g/mol. The molecule has 0 bridgehead atoms. The first kappa shape index (κ1) is 33.9. The second-order valence-corrected chi connectivity index (χ2v) is 13.8. The minimum Gasteiger partial charge on any atom is -0.480 e. The Bertz CT molecular complexity index is 1880. The third kappa shape index (κ3) is 6.76. The summed E-state index contributed by atoms with van der Waals surface area (Å²) in [6.07, 6.45) is 7.11. The van der Waals surface area contributed by atoms with Crippen LogP contribution >= 0.6 is 0 Å². The van der Waals surface area contributed by atoms with Crippen LogP contribution in [0.25, 0.3) is 33.6 Å². The van der Waals surface area contributed by atoms with E-state index in [1.807, 2.05) is 6.20 Å². The molecule has 0 saturated carbocycles.